The van der Waals surface area contributed by atoms with Crippen LogP contribution in [-0.4, -0.2) is 24.2 Å². The van der Waals surface area contributed by atoms with E-state index in [9.17, 15) is 4.79 Å². The molecular formula is C17H25NO2. The summed E-state index contributed by atoms with van der Waals surface area (Å²) < 4.78 is 0. The minimum absolute atomic E-state index is 0.103. The molecule has 2 atom stereocenters. The Labute approximate surface area is 121 Å². The number of benzene rings is 1. The molecule has 20 heavy (non-hydrogen) atoms. The Kier molecular flexibility index (Phi) is 6.06. The number of nitrogens with one attached hydrogen (secondary N) is 1. The number of rotatable bonds is 6. The smallest absolute Gasteiger partial charge is 0.223 e. The third kappa shape index (κ3) is 4.34. The molecule has 1 amide bonds. The van der Waals surface area contributed by atoms with Crippen molar-refractivity contribution in [2.24, 2.45) is 11.8 Å². The first-order valence-corrected chi connectivity index (χ1v) is 7.73. The van der Waals surface area contributed by atoms with Gasteiger partial charge in [-0.25, -0.2) is 0 Å². The zero-order valence-electron chi connectivity index (χ0n) is 12.1. The highest BCUT2D eigenvalue weighted by atomic mass is 16.3. The SMILES string of the molecule is O=C(NCCc1ccccc1)[C@H]1CCCC[C@@H]1CCO. The topological polar surface area (TPSA) is 49.3 Å². The third-order valence-corrected chi connectivity index (χ3v) is 4.30. The largest absolute Gasteiger partial charge is 0.396 e. The lowest BCUT2D eigenvalue weighted by Gasteiger charge is -2.30. The van der Waals surface area contributed by atoms with E-state index >= 15 is 0 Å². The van der Waals surface area contributed by atoms with Gasteiger partial charge in [-0.05, 0) is 37.2 Å². The van der Waals surface area contributed by atoms with Gasteiger partial charge in [-0.3, -0.25) is 4.79 Å². The molecule has 0 spiro atoms. The number of aliphatic hydroxyl groups excluding tert-OH is 1. The summed E-state index contributed by atoms with van der Waals surface area (Å²) in [4.78, 5) is 12.3. The van der Waals surface area contributed by atoms with Crippen molar-refractivity contribution in [3.05, 3.63) is 35.9 Å². The Morgan fingerprint density at radius 1 is 1.20 bits per heavy atom. The second-order valence-electron chi connectivity index (χ2n) is 5.69. The minimum atomic E-state index is 0.103. The van der Waals surface area contributed by atoms with Crippen molar-refractivity contribution >= 4 is 5.91 Å². The highest BCUT2D eigenvalue weighted by Gasteiger charge is 2.29. The van der Waals surface area contributed by atoms with Gasteiger partial charge < -0.3 is 10.4 Å². The van der Waals surface area contributed by atoms with Crippen molar-refractivity contribution in [3.8, 4) is 0 Å². The molecule has 0 unspecified atom stereocenters. The Bertz CT molecular complexity index is 403. The van der Waals surface area contributed by atoms with E-state index in [-0.39, 0.29) is 18.4 Å². The summed E-state index contributed by atoms with van der Waals surface area (Å²) in [5.41, 5.74) is 1.25. The molecule has 1 aliphatic rings. The van der Waals surface area contributed by atoms with Crippen molar-refractivity contribution in [2.75, 3.05) is 13.2 Å². The molecule has 2 N–H and O–H groups in total. The Balaban J connectivity index is 1.78. The lowest BCUT2D eigenvalue weighted by atomic mass is 9.77. The Morgan fingerprint density at radius 2 is 1.95 bits per heavy atom. The average Bonchev–Trinajstić information content (AvgIpc) is 2.49. The maximum Gasteiger partial charge on any atom is 0.223 e. The van der Waals surface area contributed by atoms with Crippen LogP contribution in [0.2, 0.25) is 0 Å². The Hall–Kier alpha value is -1.35. The van der Waals surface area contributed by atoms with Crippen molar-refractivity contribution in [3.63, 3.8) is 0 Å². The first-order valence-electron chi connectivity index (χ1n) is 7.73. The predicted molar refractivity (Wildman–Crippen MR) is 80.3 cm³/mol. The maximum absolute atomic E-state index is 12.3. The number of aliphatic hydroxyl groups is 1. The molecule has 1 fully saturated rings. The normalized spacial score (nSPS) is 22.4. The van der Waals surface area contributed by atoms with Crippen LogP contribution in [0.1, 0.15) is 37.7 Å². The van der Waals surface area contributed by atoms with Gasteiger partial charge in [0.25, 0.3) is 0 Å². The molecule has 0 aliphatic heterocycles. The second-order valence-corrected chi connectivity index (χ2v) is 5.69. The van der Waals surface area contributed by atoms with Gasteiger partial charge in [0.15, 0.2) is 0 Å². The summed E-state index contributed by atoms with van der Waals surface area (Å²) in [5.74, 6) is 0.649. The maximum atomic E-state index is 12.3. The van der Waals surface area contributed by atoms with Crippen LogP contribution in [0, 0.1) is 11.8 Å². The van der Waals surface area contributed by atoms with Crippen LogP contribution in [0.5, 0.6) is 0 Å². The van der Waals surface area contributed by atoms with Crippen molar-refractivity contribution in [2.45, 2.75) is 38.5 Å². The first-order chi connectivity index (χ1) is 9.81. The highest BCUT2D eigenvalue weighted by Crippen LogP contribution is 2.32. The third-order valence-electron chi connectivity index (χ3n) is 4.30. The summed E-state index contributed by atoms with van der Waals surface area (Å²) in [5, 5.41) is 12.2. The molecule has 0 aromatic heterocycles. The summed E-state index contributed by atoms with van der Waals surface area (Å²) in [7, 11) is 0. The standard InChI is InChI=1S/C17H25NO2/c19-13-11-15-8-4-5-9-16(15)17(20)18-12-10-14-6-2-1-3-7-14/h1-3,6-7,15-16,19H,4-5,8-13H2,(H,18,20)/t15-,16+/m1/s1. The summed E-state index contributed by atoms with van der Waals surface area (Å²) in [6.45, 7) is 0.893. The fourth-order valence-corrected chi connectivity index (χ4v) is 3.17. The molecule has 0 bridgehead atoms. The van der Waals surface area contributed by atoms with Crippen molar-refractivity contribution in [1.82, 2.24) is 5.32 Å². The predicted octanol–water partition coefficient (Wildman–Crippen LogP) is 2.53. The van der Waals surface area contributed by atoms with Gasteiger partial charge >= 0.3 is 0 Å². The van der Waals surface area contributed by atoms with Crippen LogP contribution >= 0.6 is 0 Å². The molecule has 0 heterocycles. The van der Waals surface area contributed by atoms with Crippen molar-refractivity contribution in [1.29, 1.82) is 0 Å². The first kappa shape index (κ1) is 15.0. The van der Waals surface area contributed by atoms with Gasteiger partial charge in [-0.15, -0.1) is 0 Å². The lowest BCUT2D eigenvalue weighted by Crippen LogP contribution is -2.38. The van der Waals surface area contributed by atoms with Gasteiger partial charge in [0.05, 0.1) is 0 Å². The van der Waals surface area contributed by atoms with Crippen LogP contribution in [-0.2, 0) is 11.2 Å². The van der Waals surface area contributed by atoms with Crippen molar-refractivity contribution < 1.29 is 9.90 Å². The van der Waals surface area contributed by atoms with E-state index in [0.717, 1.165) is 32.1 Å². The number of hydrogen-bond acceptors (Lipinski definition) is 2. The monoisotopic (exact) mass is 275 g/mol. The summed E-state index contributed by atoms with van der Waals surface area (Å²) in [6.07, 6.45) is 6.02. The summed E-state index contributed by atoms with van der Waals surface area (Å²) >= 11 is 0. The second kappa shape index (κ2) is 8.05. The van der Waals surface area contributed by atoms with E-state index < -0.39 is 0 Å². The lowest BCUT2D eigenvalue weighted by molar-refractivity contribution is -0.128. The van der Waals surface area contributed by atoms with E-state index in [1.54, 1.807) is 0 Å². The number of hydrogen-bond donors (Lipinski definition) is 2. The van der Waals surface area contributed by atoms with Crippen LogP contribution in [0.4, 0.5) is 0 Å². The summed E-state index contributed by atoms with van der Waals surface area (Å²) in [6, 6.07) is 10.2. The Morgan fingerprint density at radius 3 is 2.70 bits per heavy atom. The van der Waals surface area contributed by atoms with E-state index in [0.29, 0.717) is 12.5 Å². The van der Waals surface area contributed by atoms with E-state index in [4.69, 9.17) is 5.11 Å². The molecule has 110 valence electrons. The molecule has 0 saturated heterocycles. The van der Waals surface area contributed by atoms with Crippen LogP contribution in [0.15, 0.2) is 30.3 Å². The number of amides is 1. The highest BCUT2D eigenvalue weighted by molar-refractivity contribution is 5.79. The van der Waals surface area contributed by atoms with E-state index in [2.05, 4.69) is 17.4 Å². The molecule has 1 aliphatic carbocycles. The molecule has 1 saturated carbocycles. The molecule has 1 aromatic rings. The molecule has 2 rings (SSSR count). The van der Waals surface area contributed by atoms with Gasteiger partial charge in [-0.1, -0.05) is 43.2 Å². The molecule has 3 nitrogen and oxygen atoms in total. The zero-order chi connectivity index (χ0) is 14.2. The zero-order valence-corrected chi connectivity index (χ0v) is 12.1. The van der Waals surface area contributed by atoms with Crippen LogP contribution < -0.4 is 5.32 Å². The van der Waals surface area contributed by atoms with Gasteiger partial charge in [0.2, 0.25) is 5.91 Å². The fraction of sp³-hybridized carbons (Fsp3) is 0.588. The molecule has 0 radical (unpaired) electrons. The number of carbonyl (C=O) groups is 1. The number of carbonyl (C=O) groups excluding carboxylic acids is 1. The minimum Gasteiger partial charge on any atom is -0.396 e. The molecule has 1 aromatic carbocycles. The average molecular weight is 275 g/mol. The fourth-order valence-electron chi connectivity index (χ4n) is 3.17. The van der Waals surface area contributed by atoms with Crippen LogP contribution in [0.3, 0.4) is 0 Å². The van der Waals surface area contributed by atoms with Gasteiger partial charge in [0, 0.05) is 19.1 Å². The van der Waals surface area contributed by atoms with Crippen LogP contribution in [0.25, 0.3) is 0 Å². The molecular weight excluding hydrogens is 250 g/mol. The molecule has 3 heteroatoms. The van der Waals surface area contributed by atoms with Gasteiger partial charge in [-0.2, -0.15) is 0 Å². The van der Waals surface area contributed by atoms with E-state index in [1.807, 2.05) is 18.2 Å². The van der Waals surface area contributed by atoms with E-state index in [1.165, 1.54) is 12.0 Å². The quantitative estimate of drug-likeness (QED) is 0.838. The van der Waals surface area contributed by atoms with Gasteiger partial charge in [0.1, 0.15) is 0 Å².